The Bertz CT molecular complexity index is 740. The third-order valence-electron chi connectivity index (χ3n) is 7.65. The van der Waals surface area contributed by atoms with Gasteiger partial charge in [-0.25, -0.2) is 4.39 Å². The second-order valence-electron chi connectivity index (χ2n) is 9.64. The number of amides is 2. The molecule has 6 rings (SSSR count). The largest absolute Gasteiger partial charge is 0.340 e. The fraction of sp³-hybridized carbons (Fsp3) is 0.652. The summed E-state index contributed by atoms with van der Waals surface area (Å²) in [6, 6.07) is 5.74. The monoisotopic (exact) mass is 384 g/mol. The van der Waals surface area contributed by atoms with Crippen LogP contribution in [-0.2, 0) is 4.79 Å². The van der Waals surface area contributed by atoms with Crippen LogP contribution in [0.25, 0.3) is 0 Å². The van der Waals surface area contributed by atoms with E-state index in [0.29, 0.717) is 31.1 Å². The smallest absolute Gasteiger partial charge is 0.253 e. The minimum atomic E-state index is -0.334. The van der Waals surface area contributed by atoms with Crippen LogP contribution < -0.4 is 0 Å². The predicted octanol–water partition coefficient (Wildman–Crippen LogP) is 3.72. The summed E-state index contributed by atoms with van der Waals surface area (Å²) in [6.45, 7) is 2.58. The summed E-state index contributed by atoms with van der Waals surface area (Å²) in [4.78, 5) is 30.2. The van der Waals surface area contributed by atoms with Crippen molar-refractivity contribution in [1.82, 2.24) is 9.80 Å². The van der Waals surface area contributed by atoms with Gasteiger partial charge in [0, 0.05) is 31.7 Å². The van der Waals surface area contributed by atoms with Gasteiger partial charge in [0.2, 0.25) is 5.91 Å². The van der Waals surface area contributed by atoms with Gasteiger partial charge in [0.15, 0.2) is 0 Å². The minimum Gasteiger partial charge on any atom is -0.340 e. The zero-order chi connectivity index (χ0) is 19.3. The number of benzene rings is 1. The van der Waals surface area contributed by atoms with Crippen molar-refractivity contribution in [2.24, 2.45) is 23.2 Å². The molecular formula is C23H29FN2O2. The maximum absolute atomic E-state index is 13.6. The number of rotatable bonds is 2. The molecule has 1 aliphatic heterocycles. The number of carbonyl (C=O) groups is 2. The van der Waals surface area contributed by atoms with Gasteiger partial charge < -0.3 is 9.80 Å². The normalized spacial score (nSPS) is 34.4. The number of hydrogen-bond acceptors (Lipinski definition) is 2. The SMILES string of the molecule is O=C(c1ccc(F)cc1)N1CCCN(C(=O)C23CC4CC(CC(C4)C2)C3)CC1. The lowest BCUT2D eigenvalue weighted by atomic mass is 9.49. The Morgan fingerprint density at radius 2 is 1.36 bits per heavy atom. The topological polar surface area (TPSA) is 40.6 Å². The summed E-state index contributed by atoms with van der Waals surface area (Å²) in [5.74, 6) is 2.25. The molecule has 0 atom stereocenters. The molecule has 2 amide bonds. The zero-order valence-electron chi connectivity index (χ0n) is 16.4. The average Bonchev–Trinajstić information content (AvgIpc) is 2.92. The van der Waals surface area contributed by atoms with Crippen molar-refractivity contribution < 1.29 is 14.0 Å². The second-order valence-corrected chi connectivity index (χ2v) is 9.64. The van der Waals surface area contributed by atoms with Crippen LogP contribution in [0, 0.1) is 29.0 Å². The highest BCUT2D eigenvalue weighted by Gasteiger charge is 2.55. The van der Waals surface area contributed by atoms with Gasteiger partial charge >= 0.3 is 0 Å². The summed E-state index contributed by atoms with van der Waals surface area (Å²) < 4.78 is 13.1. The van der Waals surface area contributed by atoms with Crippen molar-refractivity contribution in [1.29, 1.82) is 0 Å². The van der Waals surface area contributed by atoms with E-state index in [1.165, 1.54) is 31.4 Å². The number of hydrogen-bond donors (Lipinski definition) is 0. The van der Waals surface area contributed by atoms with Crippen molar-refractivity contribution >= 4 is 11.8 Å². The van der Waals surface area contributed by atoms with E-state index >= 15 is 0 Å². The second kappa shape index (κ2) is 6.85. The zero-order valence-corrected chi connectivity index (χ0v) is 16.4. The maximum atomic E-state index is 13.6. The lowest BCUT2D eigenvalue weighted by molar-refractivity contribution is -0.157. The van der Waals surface area contributed by atoms with Crippen molar-refractivity contribution in [3.05, 3.63) is 35.6 Å². The molecule has 0 unspecified atom stereocenters. The third kappa shape index (κ3) is 3.13. The first-order chi connectivity index (χ1) is 13.5. The van der Waals surface area contributed by atoms with Crippen LogP contribution in [-0.4, -0.2) is 47.8 Å². The number of halogens is 1. The molecule has 150 valence electrons. The molecule has 0 spiro atoms. The van der Waals surface area contributed by atoms with Gasteiger partial charge in [-0.05, 0) is 87.0 Å². The lowest BCUT2D eigenvalue weighted by Crippen LogP contribution is -2.55. The van der Waals surface area contributed by atoms with E-state index in [4.69, 9.17) is 0 Å². The van der Waals surface area contributed by atoms with E-state index in [1.807, 2.05) is 9.80 Å². The van der Waals surface area contributed by atoms with Gasteiger partial charge in [-0.2, -0.15) is 0 Å². The third-order valence-corrected chi connectivity index (χ3v) is 7.65. The first-order valence-electron chi connectivity index (χ1n) is 10.9. The number of carbonyl (C=O) groups excluding carboxylic acids is 2. The van der Waals surface area contributed by atoms with Gasteiger partial charge in [-0.1, -0.05) is 0 Å². The van der Waals surface area contributed by atoms with Crippen molar-refractivity contribution in [2.45, 2.75) is 44.9 Å². The Hall–Kier alpha value is -1.91. The molecule has 4 bridgehead atoms. The van der Waals surface area contributed by atoms with Gasteiger partial charge in [-0.3, -0.25) is 9.59 Å². The van der Waals surface area contributed by atoms with Gasteiger partial charge in [0.1, 0.15) is 5.82 Å². The van der Waals surface area contributed by atoms with Crippen molar-refractivity contribution in [2.75, 3.05) is 26.2 Å². The average molecular weight is 384 g/mol. The summed E-state index contributed by atoms with van der Waals surface area (Å²) in [7, 11) is 0. The van der Waals surface area contributed by atoms with Gasteiger partial charge in [-0.15, -0.1) is 0 Å². The first-order valence-corrected chi connectivity index (χ1v) is 10.9. The fourth-order valence-corrected chi connectivity index (χ4v) is 6.81. The summed E-state index contributed by atoms with van der Waals surface area (Å²) in [5, 5.41) is 0. The summed E-state index contributed by atoms with van der Waals surface area (Å²) >= 11 is 0. The van der Waals surface area contributed by atoms with Crippen molar-refractivity contribution in [3.8, 4) is 0 Å². The van der Waals surface area contributed by atoms with Gasteiger partial charge in [0.25, 0.3) is 5.91 Å². The minimum absolute atomic E-state index is 0.0656. The molecule has 5 heteroatoms. The van der Waals surface area contributed by atoms with Crippen molar-refractivity contribution in [3.63, 3.8) is 0 Å². The molecule has 5 fully saturated rings. The molecule has 0 aromatic heterocycles. The molecule has 0 radical (unpaired) electrons. The quantitative estimate of drug-likeness (QED) is 0.780. The van der Waals surface area contributed by atoms with E-state index in [1.54, 1.807) is 12.1 Å². The highest BCUT2D eigenvalue weighted by molar-refractivity contribution is 5.94. The predicted molar refractivity (Wildman–Crippen MR) is 104 cm³/mol. The molecule has 4 nitrogen and oxygen atoms in total. The van der Waals surface area contributed by atoms with Crippen LogP contribution in [0.5, 0.6) is 0 Å². The Morgan fingerprint density at radius 3 is 1.96 bits per heavy atom. The van der Waals surface area contributed by atoms with Crippen LogP contribution in [0.2, 0.25) is 0 Å². The lowest BCUT2D eigenvalue weighted by Gasteiger charge is -2.56. The highest BCUT2D eigenvalue weighted by atomic mass is 19.1. The Morgan fingerprint density at radius 1 is 0.821 bits per heavy atom. The first kappa shape index (κ1) is 18.1. The van der Waals surface area contributed by atoms with Gasteiger partial charge in [0.05, 0.1) is 5.41 Å². The van der Waals surface area contributed by atoms with Crippen LogP contribution >= 0.6 is 0 Å². The Labute approximate surface area is 166 Å². The number of nitrogens with zero attached hydrogens (tertiary/aromatic N) is 2. The molecule has 1 aromatic rings. The van der Waals surface area contributed by atoms with E-state index in [2.05, 4.69) is 0 Å². The van der Waals surface area contributed by atoms with Crippen LogP contribution in [0.4, 0.5) is 4.39 Å². The molecule has 4 aliphatic carbocycles. The Balaban J connectivity index is 1.26. The van der Waals surface area contributed by atoms with Crippen LogP contribution in [0.1, 0.15) is 55.3 Å². The molecule has 0 N–H and O–H groups in total. The fourth-order valence-electron chi connectivity index (χ4n) is 6.81. The molecule has 5 aliphatic rings. The van der Waals surface area contributed by atoms with E-state index in [-0.39, 0.29) is 17.1 Å². The summed E-state index contributed by atoms with van der Waals surface area (Å²) in [5.41, 5.74) is 0.410. The molecule has 4 saturated carbocycles. The van der Waals surface area contributed by atoms with E-state index in [9.17, 15) is 14.0 Å². The molecule has 28 heavy (non-hydrogen) atoms. The Kier molecular flexibility index (Phi) is 4.44. The van der Waals surface area contributed by atoms with Crippen LogP contribution in [0.3, 0.4) is 0 Å². The standard InChI is InChI=1S/C23H29FN2O2/c24-20-4-2-19(3-5-20)21(27)25-6-1-7-26(9-8-25)22(28)23-13-16-10-17(14-23)12-18(11-16)15-23/h2-5,16-18H,1,6-15H2. The molecular weight excluding hydrogens is 355 g/mol. The highest BCUT2D eigenvalue weighted by Crippen LogP contribution is 2.60. The molecule has 1 aromatic carbocycles. The summed E-state index contributed by atoms with van der Waals surface area (Å²) in [6.07, 6.45) is 8.10. The van der Waals surface area contributed by atoms with Crippen LogP contribution in [0.15, 0.2) is 24.3 Å². The maximum Gasteiger partial charge on any atom is 0.253 e. The molecule has 1 saturated heterocycles. The van der Waals surface area contributed by atoms with E-state index < -0.39 is 0 Å². The van der Waals surface area contributed by atoms with E-state index in [0.717, 1.165) is 50.0 Å². The molecule has 1 heterocycles.